The molecular weight excluding hydrogens is 206 g/mol. The zero-order valence-corrected chi connectivity index (χ0v) is 10.2. The molecule has 0 spiro atoms. The van der Waals surface area contributed by atoms with Gasteiger partial charge in [0, 0.05) is 19.6 Å². The van der Waals surface area contributed by atoms with Gasteiger partial charge in [0.1, 0.15) is 6.04 Å². The first-order valence-corrected chi connectivity index (χ1v) is 5.73. The standard InChI is InChI=1S/C11H21N3O2/c1-4-8-9(15)13-5-6-14(8)10(16)11(2,3)7-12/h8H,4-7,12H2,1-3H3,(H,13,15). The van der Waals surface area contributed by atoms with Crippen LogP contribution in [-0.4, -0.2) is 42.4 Å². The van der Waals surface area contributed by atoms with Gasteiger partial charge in [-0.15, -0.1) is 0 Å². The molecule has 0 radical (unpaired) electrons. The van der Waals surface area contributed by atoms with E-state index in [1.165, 1.54) is 0 Å². The van der Waals surface area contributed by atoms with Crippen molar-refractivity contribution >= 4 is 11.8 Å². The second-order valence-corrected chi connectivity index (χ2v) is 4.80. The van der Waals surface area contributed by atoms with E-state index in [0.29, 0.717) is 26.1 Å². The molecule has 3 N–H and O–H groups in total. The van der Waals surface area contributed by atoms with Gasteiger partial charge in [-0.1, -0.05) is 6.92 Å². The first kappa shape index (κ1) is 13.0. The fourth-order valence-electron chi connectivity index (χ4n) is 1.84. The lowest BCUT2D eigenvalue weighted by atomic mass is 9.90. The molecule has 92 valence electrons. The van der Waals surface area contributed by atoms with Crippen LogP contribution >= 0.6 is 0 Å². The van der Waals surface area contributed by atoms with Gasteiger partial charge in [0.25, 0.3) is 0 Å². The van der Waals surface area contributed by atoms with Crippen LogP contribution < -0.4 is 11.1 Å². The molecule has 0 saturated carbocycles. The average Bonchev–Trinajstić information content (AvgIpc) is 2.27. The Balaban J connectivity index is 2.85. The molecule has 0 aromatic heterocycles. The number of hydrogen-bond acceptors (Lipinski definition) is 3. The molecule has 1 unspecified atom stereocenters. The zero-order valence-electron chi connectivity index (χ0n) is 10.2. The van der Waals surface area contributed by atoms with Gasteiger partial charge >= 0.3 is 0 Å². The highest BCUT2D eigenvalue weighted by molar-refractivity contribution is 5.90. The molecule has 5 nitrogen and oxygen atoms in total. The van der Waals surface area contributed by atoms with Crippen molar-refractivity contribution in [2.45, 2.75) is 33.2 Å². The van der Waals surface area contributed by atoms with E-state index in [1.54, 1.807) is 4.90 Å². The van der Waals surface area contributed by atoms with Crippen molar-refractivity contribution < 1.29 is 9.59 Å². The van der Waals surface area contributed by atoms with Crippen LogP contribution in [0.4, 0.5) is 0 Å². The first-order chi connectivity index (χ1) is 7.44. The Kier molecular flexibility index (Phi) is 3.91. The van der Waals surface area contributed by atoms with Crippen molar-refractivity contribution in [1.82, 2.24) is 10.2 Å². The Bertz CT molecular complexity index is 289. The second-order valence-electron chi connectivity index (χ2n) is 4.80. The third-order valence-electron chi connectivity index (χ3n) is 3.07. The molecule has 1 fully saturated rings. The molecule has 1 saturated heterocycles. The number of carbonyl (C=O) groups excluding carboxylic acids is 2. The summed E-state index contributed by atoms with van der Waals surface area (Å²) in [5.41, 5.74) is 5.00. The van der Waals surface area contributed by atoms with Crippen molar-refractivity contribution in [2.75, 3.05) is 19.6 Å². The molecule has 1 atom stereocenters. The number of nitrogens with zero attached hydrogens (tertiary/aromatic N) is 1. The van der Waals surface area contributed by atoms with E-state index in [0.717, 1.165) is 0 Å². The molecule has 1 heterocycles. The Morgan fingerprint density at radius 1 is 1.62 bits per heavy atom. The van der Waals surface area contributed by atoms with Crippen LogP contribution in [0.1, 0.15) is 27.2 Å². The lowest BCUT2D eigenvalue weighted by Gasteiger charge is -2.38. The van der Waals surface area contributed by atoms with E-state index in [1.807, 2.05) is 20.8 Å². The number of carbonyl (C=O) groups is 2. The number of rotatable bonds is 3. The first-order valence-electron chi connectivity index (χ1n) is 5.73. The maximum Gasteiger partial charge on any atom is 0.242 e. The predicted octanol–water partition coefficient (Wildman–Crippen LogP) is -0.292. The lowest BCUT2D eigenvalue weighted by Crippen LogP contribution is -2.60. The summed E-state index contributed by atoms with van der Waals surface area (Å²) in [5, 5.41) is 2.77. The molecule has 0 aliphatic carbocycles. The van der Waals surface area contributed by atoms with Gasteiger partial charge in [0.2, 0.25) is 11.8 Å². The maximum atomic E-state index is 12.2. The van der Waals surface area contributed by atoms with E-state index in [-0.39, 0.29) is 17.9 Å². The van der Waals surface area contributed by atoms with Crippen LogP contribution in [-0.2, 0) is 9.59 Å². The average molecular weight is 227 g/mol. The molecule has 1 rings (SSSR count). The Morgan fingerprint density at radius 3 is 2.75 bits per heavy atom. The Labute approximate surface area is 96.4 Å². The summed E-state index contributed by atoms with van der Waals surface area (Å²) in [7, 11) is 0. The van der Waals surface area contributed by atoms with Crippen LogP contribution in [0.15, 0.2) is 0 Å². The molecule has 0 bridgehead atoms. The number of hydrogen-bond donors (Lipinski definition) is 2. The van der Waals surface area contributed by atoms with Gasteiger partial charge in [-0.2, -0.15) is 0 Å². The molecular formula is C11H21N3O2. The van der Waals surface area contributed by atoms with Crippen LogP contribution in [0, 0.1) is 5.41 Å². The minimum absolute atomic E-state index is 0.0308. The highest BCUT2D eigenvalue weighted by atomic mass is 16.2. The fourth-order valence-corrected chi connectivity index (χ4v) is 1.84. The Hall–Kier alpha value is -1.10. The van der Waals surface area contributed by atoms with Gasteiger partial charge in [-0.25, -0.2) is 0 Å². The number of nitrogens with two attached hydrogens (primary N) is 1. The summed E-state index contributed by atoms with van der Waals surface area (Å²) in [6, 6.07) is -0.341. The van der Waals surface area contributed by atoms with Gasteiger partial charge in [-0.05, 0) is 20.3 Å². The van der Waals surface area contributed by atoms with E-state index >= 15 is 0 Å². The van der Waals surface area contributed by atoms with E-state index < -0.39 is 5.41 Å². The smallest absolute Gasteiger partial charge is 0.242 e. The SMILES string of the molecule is CCC1C(=O)NCCN1C(=O)C(C)(C)CN. The van der Waals surface area contributed by atoms with Crippen LogP contribution in [0.3, 0.4) is 0 Å². The van der Waals surface area contributed by atoms with Gasteiger partial charge in [0.15, 0.2) is 0 Å². The third-order valence-corrected chi connectivity index (χ3v) is 3.07. The van der Waals surface area contributed by atoms with Crippen LogP contribution in [0.25, 0.3) is 0 Å². The summed E-state index contributed by atoms with van der Waals surface area (Å²) in [5.74, 6) is -0.0911. The quantitative estimate of drug-likeness (QED) is 0.695. The number of amides is 2. The highest BCUT2D eigenvalue weighted by Gasteiger charge is 2.38. The van der Waals surface area contributed by atoms with Crippen LogP contribution in [0.2, 0.25) is 0 Å². The summed E-state index contributed by atoms with van der Waals surface area (Å²) < 4.78 is 0. The molecule has 2 amide bonds. The molecule has 0 aromatic rings. The minimum Gasteiger partial charge on any atom is -0.353 e. The fraction of sp³-hybridized carbons (Fsp3) is 0.818. The summed E-state index contributed by atoms with van der Waals surface area (Å²) >= 11 is 0. The van der Waals surface area contributed by atoms with Gasteiger partial charge in [-0.3, -0.25) is 9.59 Å². The minimum atomic E-state index is -0.592. The van der Waals surface area contributed by atoms with Crippen molar-refractivity contribution in [2.24, 2.45) is 11.1 Å². The summed E-state index contributed by atoms with van der Waals surface area (Å²) in [6.07, 6.45) is 0.637. The van der Waals surface area contributed by atoms with E-state index in [4.69, 9.17) is 5.73 Å². The van der Waals surface area contributed by atoms with Crippen molar-refractivity contribution in [3.05, 3.63) is 0 Å². The molecule has 5 heteroatoms. The second kappa shape index (κ2) is 4.82. The largest absolute Gasteiger partial charge is 0.353 e. The topological polar surface area (TPSA) is 75.4 Å². The third kappa shape index (κ3) is 2.35. The predicted molar refractivity (Wildman–Crippen MR) is 61.6 cm³/mol. The molecule has 16 heavy (non-hydrogen) atoms. The van der Waals surface area contributed by atoms with Gasteiger partial charge in [0.05, 0.1) is 5.41 Å². The van der Waals surface area contributed by atoms with Gasteiger partial charge < -0.3 is 16.0 Å². The number of piperazine rings is 1. The number of nitrogens with one attached hydrogen (secondary N) is 1. The maximum absolute atomic E-state index is 12.2. The monoisotopic (exact) mass is 227 g/mol. The Morgan fingerprint density at radius 2 is 2.25 bits per heavy atom. The molecule has 1 aliphatic heterocycles. The lowest BCUT2D eigenvalue weighted by molar-refractivity contribution is -0.149. The van der Waals surface area contributed by atoms with Crippen LogP contribution in [0.5, 0.6) is 0 Å². The molecule has 0 aromatic carbocycles. The summed E-state index contributed by atoms with van der Waals surface area (Å²) in [4.78, 5) is 25.5. The highest BCUT2D eigenvalue weighted by Crippen LogP contribution is 2.21. The van der Waals surface area contributed by atoms with E-state index in [9.17, 15) is 9.59 Å². The van der Waals surface area contributed by atoms with E-state index in [2.05, 4.69) is 5.32 Å². The zero-order chi connectivity index (χ0) is 12.3. The normalized spacial score (nSPS) is 21.9. The van der Waals surface area contributed by atoms with Crippen molar-refractivity contribution in [3.8, 4) is 0 Å². The summed E-state index contributed by atoms with van der Waals surface area (Å²) in [6.45, 7) is 6.93. The van der Waals surface area contributed by atoms with Crippen molar-refractivity contribution in [1.29, 1.82) is 0 Å². The molecule has 1 aliphatic rings. The van der Waals surface area contributed by atoms with Crippen molar-refractivity contribution in [3.63, 3.8) is 0 Å².